The Balaban J connectivity index is 2.49. The van der Waals surface area contributed by atoms with Gasteiger partial charge in [-0.3, -0.25) is 4.79 Å². The van der Waals surface area contributed by atoms with Gasteiger partial charge in [-0.2, -0.15) is 0 Å². The topological polar surface area (TPSA) is 43.1 Å². The molecule has 0 aliphatic heterocycles. The van der Waals surface area contributed by atoms with Crippen molar-refractivity contribution in [2.45, 2.75) is 6.92 Å². The maximum Gasteiger partial charge on any atom is 0.194 e. The van der Waals surface area contributed by atoms with Crippen molar-refractivity contribution < 1.29 is 9.18 Å². The van der Waals surface area contributed by atoms with E-state index in [-0.39, 0.29) is 11.5 Å². The lowest BCUT2D eigenvalue weighted by Gasteiger charge is -2.08. The molecule has 2 N–H and O–H groups in total. The van der Waals surface area contributed by atoms with Gasteiger partial charge in [0.25, 0.3) is 0 Å². The number of nitrogens with two attached hydrogens (primary N) is 1. The summed E-state index contributed by atoms with van der Waals surface area (Å²) in [6.07, 6.45) is 0. The molecule has 5 heteroatoms. The second kappa shape index (κ2) is 5.43. The number of anilines is 1. The zero-order valence-electron chi connectivity index (χ0n) is 10.0. The number of halogens is 3. The summed E-state index contributed by atoms with van der Waals surface area (Å²) < 4.78 is 14.6. The van der Waals surface area contributed by atoms with E-state index in [1.165, 1.54) is 18.2 Å². The van der Waals surface area contributed by atoms with E-state index in [1.807, 2.05) is 13.0 Å². The zero-order chi connectivity index (χ0) is 14.2. The molecule has 0 heterocycles. The number of ketones is 1. The molecule has 0 unspecified atom stereocenters. The molecule has 0 spiro atoms. The molecule has 0 aliphatic carbocycles. The maximum absolute atomic E-state index is 13.1. The third-order valence-electron chi connectivity index (χ3n) is 2.75. The first kappa shape index (κ1) is 14.2. The van der Waals surface area contributed by atoms with Crippen LogP contribution in [0.25, 0.3) is 0 Å². The van der Waals surface area contributed by atoms with Crippen molar-refractivity contribution in [3.8, 4) is 0 Å². The number of hydrogen-bond acceptors (Lipinski definition) is 2. The molecule has 0 aromatic heterocycles. The van der Waals surface area contributed by atoms with Gasteiger partial charge in [0.15, 0.2) is 5.78 Å². The summed E-state index contributed by atoms with van der Waals surface area (Å²) in [5.41, 5.74) is 7.32. The first-order valence-corrected chi connectivity index (χ1v) is 7.04. The van der Waals surface area contributed by atoms with Crippen LogP contribution in [-0.4, -0.2) is 5.78 Å². The normalized spacial score (nSPS) is 10.5. The highest BCUT2D eigenvalue weighted by Gasteiger charge is 2.15. The lowest BCUT2D eigenvalue weighted by atomic mass is 10.0. The van der Waals surface area contributed by atoms with Crippen molar-refractivity contribution in [2.24, 2.45) is 0 Å². The Morgan fingerprint density at radius 3 is 2.47 bits per heavy atom. The molecule has 0 fully saturated rings. The Bertz CT molecular complexity index is 671. The molecule has 0 saturated heterocycles. The van der Waals surface area contributed by atoms with Crippen LogP contribution < -0.4 is 5.73 Å². The van der Waals surface area contributed by atoms with Crippen LogP contribution in [0.2, 0.25) is 0 Å². The average molecular weight is 387 g/mol. The van der Waals surface area contributed by atoms with E-state index in [9.17, 15) is 9.18 Å². The van der Waals surface area contributed by atoms with Crippen LogP contribution >= 0.6 is 31.9 Å². The molecule has 0 amide bonds. The summed E-state index contributed by atoms with van der Waals surface area (Å²) in [7, 11) is 0. The average Bonchev–Trinajstić information content (AvgIpc) is 2.36. The van der Waals surface area contributed by atoms with Gasteiger partial charge in [-0.1, -0.05) is 31.9 Å². The van der Waals surface area contributed by atoms with Crippen molar-refractivity contribution >= 4 is 43.3 Å². The van der Waals surface area contributed by atoms with E-state index in [1.54, 1.807) is 6.07 Å². The zero-order valence-corrected chi connectivity index (χ0v) is 13.2. The van der Waals surface area contributed by atoms with Crippen LogP contribution in [-0.2, 0) is 0 Å². The van der Waals surface area contributed by atoms with E-state index in [0.717, 1.165) is 10.0 Å². The van der Waals surface area contributed by atoms with E-state index < -0.39 is 5.82 Å². The van der Waals surface area contributed by atoms with Crippen molar-refractivity contribution in [3.63, 3.8) is 0 Å². The lowest BCUT2D eigenvalue weighted by molar-refractivity contribution is 0.103. The second-order valence-corrected chi connectivity index (χ2v) is 5.86. The van der Waals surface area contributed by atoms with Crippen LogP contribution in [0.3, 0.4) is 0 Å². The Morgan fingerprint density at radius 2 is 1.84 bits per heavy atom. The standard InChI is InChI=1S/C14H10Br2FNO/c1-7-4-11(16)9(6-10(7)15)14(19)8-2-3-12(17)13(18)5-8/h2-6H,18H2,1H3. The lowest BCUT2D eigenvalue weighted by Crippen LogP contribution is -2.04. The van der Waals surface area contributed by atoms with Gasteiger partial charge in [0.2, 0.25) is 0 Å². The quantitative estimate of drug-likeness (QED) is 0.611. The third-order valence-corrected chi connectivity index (χ3v) is 4.26. The van der Waals surface area contributed by atoms with Gasteiger partial charge in [0, 0.05) is 20.1 Å². The van der Waals surface area contributed by atoms with Gasteiger partial charge >= 0.3 is 0 Å². The Kier molecular flexibility index (Phi) is 4.06. The SMILES string of the molecule is Cc1cc(Br)c(C(=O)c2ccc(F)c(N)c2)cc1Br. The molecular formula is C14H10Br2FNO. The van der Waals surface area contributed by atoms with Crippen molar-refractivity contribution in [3.05, 3.63) is 61.8 Å². The molecule has 2 rings (SSSR count). The molecule has 0 aliphatic rings. The maximum atomic E-state index is 13.1. The minimum Gasteiger partial charge on any atom is -0.396 e. The number of rotatable bonds is 2. The summed E-state index contributed by atoms with van der Waals surface area (Å²) in [6.45, 7) is 1.93. The fourth-order valence-corrected chi connectivity index (χ4v) is 2.64. The van der Waals surface area contributed by atoms with Crippen LogP contribution in [0.4, 0.5) is 10.1 Å². The molecule has 2 aromatic rings. The molecule has 2 aromatic carbocycles. The summed E-state index contributed by atoms with van der Waals surface area (Å²) in [4.78, 5) is 12.4. The summed E-state index contributed by atoms with van der Waals surface area (Å²) >= 11 is 6.75. The minimum absolute atomic E-state index is 0.0341. The smallest absolute Gasteiger partial charge is 0.194 e. The fourth-order valence-electron chi connectivity index (χ4n) is 1.66. The number of nitrogen functional groups attached to an aromatic ring is 1. The van der Waals surface area contributed by atoms with Crippen LogP contribution in [0, 0.1) is 12.7 Å². The van der Waals surface area contributed by atoms with E-state index in [2.05, 4.69) is 31.9 Å². The largest absolute Gasteiger partial charge is 0.396 e. The molecule has 19 heavy (non-hydrogen) atoms. The molecule has 0 atom stereocenters. The number of aryl methyl sites for hydroxylation is 1. The molecule has 98 valence electrons. The predicted molar refractivity (Wildman–Crippen MR) is 80.8 cm³/mol. The van der Waals surface area contributed by atoms with Gasteiger partial charge in [-0.15, -0.1) is 0 Å². The van der Waals surface area contributed by atoms with Crippen molar-refractivity contribution in [2.75, 3.05) is 5.73 Å². The third kappa shape index (κ3) is 2.87. The highest BCUT2D eigenvalue weighted by molar-refractivity contribution is 9.11. The Labute approximate surface area is 127 Å². The van der Waals surface area contributed by atoms with Crippen molar-refractivity contribution in [1.29, 1.82) is 0 Å². The van der Waals surface area contributed by atoms with Gasteiger partial charge in [-0.05, 0) is 42.8 Å². The Morgan fingerprint density at radius 1 is 1.16 bits per heavy atom. The van der Waals surface area contributed by atoms with Crippen molar-refractivity contribution in [1.82, 2.24) is 0 Å². The fraction of sp³-hybridized carbons (Fsp3) is 0.0714. The van der Waals surface area contributed by atoms with Crippen LogP contribution in [0.5, 0.6) is 0 Å². The van der Waals surface area contributed by atoms with Crippen LogP contribution in [0.1, 0.15) is 21.5 Å². The summed E-state index contributed by atoms with van der Waals surface area (Å²) in [5.74, 6) is -0.736. The van der Waals surface area contributed by atoms with Gasteiger partial charge in [-0.25, -0.2) is 4.39 Å². The first-order chi connectivity index (χ1) is 8.90. The van der Waals surface area contributed by atoms with E-state index >= 15 is 0 Å². The molecule has 0 bridgehead atoms. The van der Waals surface area contributed by atoms with E-state index in [0.29, 0.717) is 15.6 Å². The molecule has 0 saturated carbocycles. The van der Waals surface area contributed by atoms with E-state index in [4.69, 9.17) is 5.73 Å². The highest BCUT2D eigenvalue weighted by Crippen LogP contribution is 2.28. The van der Waals surface area contributed by atoms with Crippen LogP contribution in [0.15, 0.2) is 39.3 Å². The first-order valence-electron chi connectivity index (χ1n) is 5.45. The number of benzene rings is 2. The molecule has 2 nitrogen and oxygen atoms in total. The van der Waals surface area contributed by atoms with Gasteiger partial charge < -0.3 is 5.73 Å². The summed E-state index contributed by atoms with van der Waals surface area (Å²) in [5, 5.41) is 0. The second-order valence-electron chi connectivity index (χ2n) is 4.15. The minimum atomic E-state index is -0.527. The van der Waals surface area contributed by atoms with Gasteiger partial charge in [0.05, 0.1) is 5.69 Å². The van der Waals surface area contributed by atoms with Gasteiger partial charge in [0.1, 0.15) is 5.82 Å². The predicted octanol–water partition coefficient (Wildman–Crippen LogP) is 4.47. The highest BCUT2D eigenvalue weighted by atomic mass is 79.9. The number of carbonyl (C=O) groups is 1. The number of hydrogen-bond donors (Lipinski definition) is 1. The summed E-state index contributed by atoms with van der Waals surface area (Å²) in [6, 6.07) is 7.55. The molecular weight excluding hydrogens is 377 g/mol. The molecule has 0 radical (unpaired) electrons. The Hall–Kier alpha value is -1.20. The monoisotopic (exact) mass is 385 g/mol. The number of carbonyl (C=O) groups excluding carboxylic acids is 1.